The van der Waals surface area contributed by atoms with Gasteiger partial charge in [-0.2, -0.15) is 10.1 Å². The van der Waals surface area contributed by atoms with Crippen LogP contribution in [0, 0.1) is 11.6 Å². The third kappa shape index (κ3) is 2.60. The number of nitrogens with zero attached hydrogens (tertiary/aromatic N) is 4. The molecule has 0 aliphatic heterocycles. The number of halogens is 2. The SMILES string of the molecule is Cn1ncc(-c2nc(Cc3cc(F)cc(F)c3)no2)c1N. The highest BCUT2D eigenvalue weighted by Crippen LogP contribution is 2.23. The smallest absolute Gasteiger partial charge is 0.263 e. The second-order valence-electron chi connectivity index (χ2n) is 4.54. The van der Waals surface area contributed by atoms with Gasteiger partial charge in [0.25, 0.3) is 5.89 Å². The summed E-state index contributed by atoms with van der Waals surface area (Å²) in [6.45, 7) is 0. The van der Waals surface area contributed by atoms with Gasteiger partial charge < -0.3 is 10.3 Å². The van der Waals surface area contributed by atoms with E-state index in [1.165, 1.54) is 23.0 Å². The lowest BCUT2D eigenvalue weighted by atomic mass is 10.1. The average molecular weight is 291 g/mol. The van der Waals surface area contributed by atoms with E-state index in [2.05, 4.69) is 15.2 Å². The summed E-state index contributed by atoms with van der Waals surface area (Å²) in [5.41, 5.74) is 6.74. The lowest BCUT2D eigenvalue weighted by Crippen LogP contribution is -1.98. The molecule has 0 radical (unpaired) electrons. The van der Waals surface area contributed by atoms with Crippen molar-refractivity contribution in [2.75, 3.05) is 5.73 Å². The van der Waals surface area contributed by atoms with Crippen molar-refractivity contribution in [3.05, 3.63) is 47.4 Å². The molecule has 6 nitrogen and oxygen atoms in total. The largest absolute Gasteiger partial charge is 0.383 e. The molecule has 0 bridgehead atoms. The van der Waals surface area contributed by atoms with Crippen molar-refractivity contribution in [3.8, 4) is 11.5 Å². The van der Waals surface area contributed by atoms with E-state index in [1.54, 1.807) is 7.05 Å². The van der Waals surface area contributed by atoms with E-state index < -0.39 is 11.6 Å². The molecule has 1 aromatic carbocycles. The standard InChI is InChI=1S/C13H11F2N5O/c1-20-12(16)10(6-17-20)13-18-11(19-21-13)4-7-2-8(14)5-9(15)3-7/h2-3,5-6H,4,16H2,1H3. The maximum absolute atomic E-state index is 13.1. The Kier molecular flexibility index (Phi) is 3.13. The summed E-state index contributed by atoms with van der Waals surface area (Å²) >= 11 is 0. The number of benzene rings is 1. The van der Waals surface area contributed by atoms with Gasteiger partial charge in [-0.15, -0.1) is 0 Å². The average Bonchev–Trinajstić information content (AvgIpc) is 2.97. The van der Waals surface area contributed by atoms with E-state index in [-0.39, 0.29) is 12.3 Å². The van der Waals surface area contributed by atoms with Crippen LogP contribution >= 0.6 is 0 Å². The van der Waals surface area contributed by atoms with Gasteiger partial charge in [0.15, 0.2) is 5.82 Å². The van der Waals surface area contributed by atoms with Crippen molar-refractivity contribution in [2.45, 2.75) is 6.42 Å². The van der Waals surface area contributed by atoms with Crippen LogP contribution in [-0.4, -0.2) is 19.9 Å². The van der Waals surface area contributed by atoms with Crippen LogP contribution in [0.3, 0.4) is 0 Å². The number of nitrogen functional groups attached to an aromatic ring is 1. The fourth-order valence-corrected chi connectivity index (χ4v) is 1.94. The number of hydrogen-bond acceptors (Lipinski definition) is 5. The van der Waals surface area contributed by atoms with Crippen LogP contribution in [-0.2, 0) is 13.5 Å². The molecule has 0 spiro atoms. The van der Waals surface area contributed by atoms with Crippen LogP contribution in [0.5, 0.6) is 0 Å². The lowest BCUT2D eigenvalue weighted by molar-refractivity contribution is 0.424. The molecule has 2 heterocycles. The minimum absolute atomic E-state index is 0.151. The summed E-state index contributed by atoms with van der Waals surface area (Å²) in [6.07, 6.45) is 1.66. The van der Waals surface area contributed by atoms with Gasteiger partial charge in [-0.1, -0.05) is 5.16 Å². The number of anilines is 1. The predicted octanol–water partition coefficient (Wildman–Crippen LogP) is 1.92. The molecular formula is C13H11F2N5O. The van der Waals surface area contributed by atoms with E-state index in [9.17, 15) is 8.78 Å². The van der Waals surface area contributed by atoms with E-state index in [0.29, 0.717) is 22.8 Å². The second kappa shape index (κ2) is 4.97. The zero-order chi connectivity index (χ0) is 15.0. The predicted molar refractivity (Wildman–Crippen MR) is 70.1 cm³/mol. The number of hydrogen-bond donors (Lipinski definition) is 1. The topological polar surface area (TPSA) is 82.8 Å². The maximum atomic E-state index is 13.1. The van der Waals surface area contributed by atoms with Crippen molar-refractivity contribution >= 4 is 5.82 Å². The molecule has 0 aliphatic rings. The number of nitrogens with two attached hydrogens (primary N) is 1. The van der Waals surface area contributed by atoms with Gasteiger partial charge in [0.1, 0.15) is 23.0 Å². The Labute approximate surface area is 118 Å². The summed E-state index contributed by atoms with van der Waals surface area (Å²) in [7, 11) is 1.69. The fraction of sp³-hybridized carbons (Fsp3) is 0.154. The van der Waals surface area contributed by atoms with Crippen molar-refractivity contribution in [2.24, 2.45) is 7.05 Å². The minimum Gasteiger partial charge on any atom is -0.383 e. The summed E-state index contributed by atoms with van der Waals surface area (Å²) in [5, 5.41) is 7.75. The van der Waals surface area contributed by atoms with Gasteiger partial charge in [-0.05, 0) is 17.7 Å². The van der Waals surface area contributed by atoms with Crippen molar-refractivity contribution in [1.29, 1.82) is 0 Å². The summed E-state index contributed by atoms with van der Waals surface area (Å²) in [5.74, 6) is -0.386. The van der Waals surface area contributed by atoms with Crippen molar-refractivity contribution < 1.29 is 13.3 Å². The maximum Gasteiger partial charge on any atom is 0.263 e. The van der Waals surface area contributed by atoms with E-state index in [1.807, 2.05) is 0 Å². The number of rotatable bonds is 3. The normalized spacial score (nSPS) is 11.0. The third-order valence-corrected chi connectivity index (χ3v) is 2.97. The van der Waals surface area contributed by atoms with Crippen molar-refractivity contribution in [3.63, 3.8) is 0 Å². The molecular weight excluding hydrogens is 280 g/mol. The molecule has 0 unspecified atom stereocenters. The molecule has 3 rings (SSSR count). The van der Waals surface area contributed by atoms with Gasteiger partial charge in [-0.3, -0.25) is 4.68 Å². The van der Waals surface area contributed by atoms with Crippen LogP contribution in [0.4, 0.5) is 14.6 Å². The first-order valence-corrected chi connectivity index (χ1v) is 6.08. The molecule has 0 saturated carbocycles. The molecule has 0 fully saturated rings. The quantitative estimate of drug-likeness (QED) is 0.797. The van der Waals surface area contributed by atoms with Gasteiger partial charge in [0, 0.05) is 19.5 Å². The molecule has 21 heavy (non-hydrogen) atoms. The first-order valence-electron chi connectivity index (χ1n) is 6.08. The van der Waals surface area contributed by atoms with Crippen LogP contribution in [0.25, 0.3) is 11.5 Å². The van der Waals surface area contributed by atoms with Crippen LogP contribution < -0.4 is 5.73 Å². The summed E-state index contributed by atoms with van der Waals surface area (Å²) < 4.78 is 32.8. The third-order valence-electron chi connectivity index (χ3n) is 2.97. The van der Waals surface area contributed by atoms with Gasteiger partial charge >= 0.3 is 0 Å². The molecule has 8 heteroatoms. The molecule has 0 amide bonds. The Hall–Kier alpha value is -2.77. The first-order chi connectivity index (χ1) is 10.0. The van der Waals surface area contributed by atoms with Crippen molar-refractivity contribution in [1.82, 2.24) is 19.9 Å². The summed E-state index contributed by atoms with van der Waals surface area (Å²) in [6, 6.07) is 3.25. The molecule has 0 aliphatic carbocycles. The molecule has 0 saturated heterocycles. The van der Waals surface area contributed by atoms with Crippen LogP contribution in [0.1, 0.15) is 11.4 Å². The van der Waals surface area contributed by atoms with Crippen LogP contribution in [0.2, 0.25) is 0 Å². The highest BCUT2D eigenvalue weighted by molar-refractivity contribution is 5.66. The number of aryl methyl sites for hydroxylation is 1. The Balaban J connectivity index is 1.87. The molecule has 2 aromatic heterocycles. The molecule has 108 valence electrons. The minimum atomic E-state index is -0.648. The van der Waals surface area contributed by atoms with Crippen LogP contribution in [0.15, 0.2) is 28.9 Å². The Morgan fingerprint density at radius 3 is 2.57 bits per heavy atom. The zero-order valence-corrected chi connectivity index (χ0v) is 11.0. The first kappa shape index (κ1) is 13.2. The Morgan fingerprint density at radius 1 is 1.24 bits per heavy atom. The Bertz CT molecular complexity index is 775. The highest BCUT2D eigenvalue weighted by atomic mass is 19.1. The van der Waals surface area contributed by atoms with E-state index in [0.717, 1.165) is 6.07 Å². The zero-order valence-electron chi connectivity index (χ0n) is 11.0. The Morgan fingerprint density at radius 2 is 1.95 bits per heavy atom. The van der Waals surface area contributed by atoms with Gasteiger partial charge in [-0.25, -0.2) is 8.78 Å². The fourth-order valence-electron chi connectivity index (χ4n) is 1.94. The van der Waals surface area contributed by atoms with E-state index in [4.69, 9.17) is 10.3 Å². The monoisotopic (exact) mass is 291 g/mol. The van der Waals surface area contributed by atoms with Gasteiger partial charge in [0.05, 0.1) is 6.20 Å². The number of aromatic nitrogens is 4. The second-order valence-corrected chi connectivity index (χ2v) is 4.54. The highest BCUT2D eigenvalue weighted by Gasteiger charge is 2.15. The van der Waals surface area contributed by atoms with E-state index >= 15 is 0 Å². The molecule has 3 aromatic rings. The summed E-state index contributed by atoms with van der Waals surface area (Å²) in [4.78, 5) is 4.15. The van der Waals surface area contributed by atoms with Gasteiger partial charge in [0.2, 0.25) is 0 Å². The lowest BCUT2D eigenvalue weighted by Gasteiger charge is -1.97. The molecule has 0 atom stereocenters. The molecule has 2 N–H and O–H groups in total.